The van der Waals surface area contributed by atoms with Gasteiger partial charge in [0, 0.05) is 12.6 Å². The topological polar surface area (TPSA) is 72.0 Å². The number of aromatic hydroxyl groups is 1. The predicted octanol–water partition coefficient (Wildman–Crippen LogP) is 1.79. The number of hydrogen-bond acceptors (Lipinski definition) is 5. The summed E-state index contributed by atoms with van der Waals surface area (Å²) < 4.78 is 5.04. The molecule has 0 bridgehead atoms. The van der Waals surface area contributed by atoms with Crippen LogP contribution in [0.2, 0.25) is 0 Å². The molecule has 0 unspecified atom stereocenters. The normalized spacial score (nSPS) is 10.5. The lowest BCUT2D eigenvalue weighted by Gasteiger charge is -1.95. The highest BCUT2D eigenvalue weighted by Gasteiger charge is 2.11. The van der Waals surface area contributed by atoms with E-state index in [2.05, 4.69) is 15.1 Å². The molecule has 0 aromatic carbocycles. The molecule has 5 heteroatoms. The molecular weight excluding hydrogens is 194 g/mol. The van der Waals surface area contributed by atoms with E-state index in [1.54, 1.807) is 12.3 Å². The summed E-state index contributed by atoms with van der Waals surface area (Å²) in [6.45, 7) is 2.04. The maximum Gasteiger partial charge on any atom is 0.261 e. The summed E-state index contributed by atoms with van der Waals surface area (Å²) in [5.74, 6) is 1.03. The van der Waals surface area contributed by atoms with Gasteiger partial charge in [0.1, 0.15) is 5.75 Å². The minimum Gasteiger partial charge on any atom is -0.505 e. The van der Waals surface area contributed by atoms with Crippen LogP contribution in [0, 0.1) is 0 Å². The third-order valence-electron chi connectivity index (χ3n) is 1.97. The molecule has 78 valence electrons. The summed E-state index contributed by atoms with van der Waals surface area (Å²) in [7, 11) is 0. The first kappa shape index (κ1) is 9.64. The Morgan fingerprint density at radius 1 is 1.47 bits per heavy atom. The van der Waals surface area contributed by atoms with Crippen molar-refractivity contribution in [2.24, 2.45) is 0 Å². The lowest BCUT2D eigenvalue weighted by molar-refractivity contribution is 0.416. The van der Waals surface area contributed by atoms with E-state index in [4.69, 9.17) is 4.52 Å². The fraction of sp³-hybridized carbons (Fsp3) is 0.300. The zero-order chi connectivity index (χ0) is 10.7. The molecule has 5 nitrogen and oxygen atoms in total. The van der Waals surface area contributed by atoms with Gasteiger partial charge in [0.25, 0.3) is 5.89 Å². The average Bonchev–Trinajstić information content (AvgIpc) is 2.68. The van der Waals surface area contributed by atoms with Gasteiger partial charge in [0.15, 0.2) is 5.82 Å². The summed E-state index contributed by atoms with van der Waals surface area (Å²) in [6.07, 6.45) is 4.65. The van der Waals surface area contributed by atoms with Crippen molar-refractivity contribution in [2.75, 3.05) is 0 Å². The molecule has 0 saturated carbocycles. The molecule has 0 fully saturated rings. The Hall–Kier alpha value is -1.91. The minimum atomic E-state index is 0.0456. The molecule has 2 heterocycles. The molecule has 0 aliphatic heterocycles. The molecule has 0 saturated heterocycles. The highest BCUT2D eigenvalue weighted by atomic mass is 16.5. The summed E-state index contributed by atoms with van der Waals surface area (Å²) in [6, 6.07) is 1.64. The molecule has 0 radical (unpaired) electrons. The summed E-state index contributed by atoms with van der Waals surface area (Å²) in [5.41, 5.74) is 0.514. The van der Waals surface area contributed by atoms with Crippen molar-refractivity contribution in [3.8, 4) is 17.2 Å². The van der Waals surface area contributed by atoms with Crippen molar-refractivity contribution < 1.29 is 9.63 Å². The first-order chi connectivity index (χ1) is 7.31. The van der Waals surface area contributed by atoms with E-state index in [0.29, 0.717) is 17.3 Å². The van der Waals surface area contributed by atoms with Crippen molar-refractivity contribution in [1.82, 2.24) is 15.1 Å². The lowest BCUT2D eigenvalue weighted by Crippen LogP contribution is -1.85. The molecule has 0 aliphatic carbocycles. The van der Waals surface area contributed by atoms with E-state index in [0.717, 1.165) is 12.8 Å². The number of pyridine rings is 1. The highest BCUT2D eigenvalue weighted by molar-refractivity contribution is 5.60. The molecule has 0 aliphatic rings. The van der Waals surface area contributed by atoms with Gasteiger partial charge in [0.05, 0.1) is 11.8 Å². The highest BCUT2D eigenvalue weighted by Crippen LogP contribution is 2.25. The van der Waals surface area contributed by atoms with Crippen LogP contribution in [-0.4, -0.2) is 20.2 Å². The Labute approximate surface area is 86.8 Å². The van der Waals surface area contributed by atoms with Crippen LogP contribution in [0.4, 0.5) is 0 Å². The number of hydrogen-bond donors (Lipinski definition) is 1. The quantitative estimate of drug-likeness (QED) is 0.826. The second-order valence-electron chi connectivity index (χ2n) is 3.16. The van der Waals surface area contributed by atoms with Crippen LogP contribution >= 0.6 is 0 Å². The van der Waals surface area contributed by atoms with E-state index >= 15 is 0 Å². The third kappa shape index (κ3) is 1.96. The van der Waals surface area contributed by atoms with Crippen LogP contribution < -0.4 is 0 Å². The summed E-state index contributed by atoms with van der Waals surface area (Å²) in [4.78, 5) is 7.94. The van der Waals surface area contributed by atoms with Crippen molar-refractivity contribution in [3.05, 3.63) is 24.3 Å². The van der Waals surface area contributed by atoms with E-state index in [1.165, 1.54) is 6.20 Å². The number of aryl methyl sites for hydroxylation is 1. The molecule has 1 N–H and O–H groups in total. The third-order valence-corrected chi connectivity index (χ3v) is 1.97. The zero-order valence-corrected chi connectivity index (χ0v) is 8.34. The van der Waals surface area contributed by atoms with Crippen LogP contribution in [0.5, 0.6) is 5.75 Å². The fourth-order valence-electron chi connectivity index (χ4n) is 1.26. The zero-order valence-electron chi connectivity index (χ0n) is 8.34. The van der Waals surface area contributed by atoms with Gasteiger partial charge in [-0.25, -0.2) is 0 Å². The molecular formula is C10H11N3O2. The molecule has 2 aromatic rings. The maximum absolute atomic E-state index is 9.51. The summed E-state index contributed by atoms with van der Waals surface area (Å²) >= 11 is 0. The van der Waals surface area contributed by atoms with Crippen LogP contribution in [0.3, 0.4) is 0 Å². The van der Waals surface area contributed by atoms with Crippen molar-refractivity contribution in [2.45, 2.75) is 19.8 Å². The van der Waals surface area contributed by atoms with Gasteiger partial charge in [-0.3, -0.25) is 4.98 Å². The smallest absolute Gasteiger partial charge is 0.261 e. The summed E-state index contributed by atoms with van der Waals surface area (Å²) in [5, 5.41) is 13.3. The van der Waals surface area contributed by atoms with Gasteiger partial charge in [0.2, 0.25) is 0 Å². The van der Waals surface area contributed by atoms with Gasteiger partial charge in [-0.1, -0.05) is 12.1 Å². The molecule has 0 spiro atoms. The Morgan fingerprint density at radius 2 is 2.33 bits per heavy atom. The van der Waals surface area contributed by atoms with Gasteiger partial charge >= 0.3 is 0 Å². The second kappa shape index (κ2) is 4.08. The van der Waals surface area contributed by atoms with Gasteiger partial charge < -0.3 is 9.63 Å². The molecule has 0 atom stereocenters. The molecule has 2 aromatic heterocycles. The van der Waals surface area contributed by atoms with E-state index in [1.807, 2.05) is 6.92 Å². The lowest BCUT2D eigenvalue weighted by atomic mass is 10.2. The van der Waals surface area contributed by atoms with Crippen molar-refractivity contribution in [3.63, 3.8) is 0 Å². The predicted molar refractivity (Wildman–Crippen MR) is 53.2 cm³/mol. The fourth-order valence-corrected chi connectivity index (χ4v) is 1.26. The number of rotatable bonds is 3. The van der Waals surface area contributed by atoms with Gasteiger partial charge in [-0.05, 0) is 12.5 Å². The van der Waals surface area contributed by atoms with Crippen molar-refractivity contribution >= 4 is 0 Å². The van der Waals surface area contributed by atoms with Crippen LogP contribution in [0.15, 0.2) is 23.0 Å². The van der Waals surface area contributed by atoms with Crippen LogP contribution in [0.1, 0.15) is 19.2 Å². The average molecular weight is 205 g/mol. The van der Waals surface area contributed by atoms with Crippen LogP contribution in [-0.2, 0) is 6.42 Å². The van der Waals surface area contributed by atoms with E-state index in [-0.39, 0.29) is 5.75 Å². The van der Waals surface area contributed by atoms with Gasteiger partial charge in [-0.15, -0.1) is 0 Å². The minimum absolute atomic E-state index is 0.0456. The first-order valence-electron chi connectivity index (χ1n) is 4.77. The standard InChI is InChI=1S/C10H11N3O2/c1-2-3-9-12-10(15-13-9)7-4-5-11-6-8(7)14/h4-6,14H,2-3H2,1H3. The Balaban J connectivity index is 2.33. The number of nitrogens with zero attached hydrogens (tertiary/aromatic N) is 3. The van der Waals surface area contributed by atoms with Gasteiger partial charge in [-0.2, -0.15) is 4.98 Å². The molecule has 2 rings (SSSR count). The Bertz CT molecular complexity index is 453. The Morgan fingerprint density at radius 3 is 3.07 bits per heavy atom. The largest absolute Gasteiger partial charge is 0.505 e. The second-order valence-corrected chi connectivity index (χ2v) is 3.16. The van der Waals surface area contributed by atoms with E-state index < -0.39 is 0 Å². The molecule has 15 heavy (non-hydrogen) atoms. The number of aromatic nitrogens is 3. The SMILES string of the molecule is CCCc1noc(-c2ccncc2O)n1. The van der Waals surface area contributed by atoms with Crippen LogP contribution in [0.25, 0.3) is 11.5 Å². The first-order valence-corrected chi connectivity index (χ1v) is 4.77. The monoisotopic (exact) mass is 205 g/mol. The Kier molecular flexibility index (Phi) is 2.62. The maximum atomic E-state index is 9.51. The molecule has 0 amide bonds. The van der Waals surface area contributed by atoms with Crippen molar-refractivity contribution in [1.29, 1.82) is 0 Å². The van der Waals surface area contributed by atoms with E-state index in [9.17, 15) is 5.11 Å².